The van der Waals surface area contributed by atoms with Crippen LogP contribution in [0.3, 0.4) is 0 Å². The molecule has 0 aliphatic heterocycles. The molecule has 0 bridgehead atoms. The van der Waals surface area contributed by atoms with Gasteiger partial charge in [0, 0.05) is 31.5 Å². The van der Waals surface area contributed by atoms with E-state index in [2.05, 4.69) is 4.98 Å². The molecule has 0 saturated carbocycles. The SMILES string of the molecule is CC(C)(C)C(c1nc(-c2ccccn2)cn1Cc1ccccc1)N(CCCN)C(=O)c1ccc(F)cc1F. The Morgan fingerprint density at radius 1 is 1.03 bits per heavy atom. The van der Waals surface area contributed by atoms with Gasteiger partial charge in [-0.25, -0.2) is 13.8 Å². The highest BCUT2D eigenvalue weighted by atomic mass is 19.1. The van der Waals surface area contributed by atoms with Crippen LogP contribution in [-0.2, 0) is 6.54 Å². The normalized spacial score (nSPS) is 12.4. The van der Waals surface area contributed by atoms with Crippen molar-refractivity contribution in [1.29, 1.82) is 0 Å². The molecular formula is C30H33F2N5O. The number of rotatable bonds is 9. The van der Waals surface area contributed by atoms with Gasteiger partial charge in [0.05, 0.1) is 17.3 Å². The lowest BCUT2D eigenvalue weighted by Crippen LogP contribution is -2.43. The summed E-state index contributed by atoms with van der Waals surface area (Å²) < 4.78 is 30.5. The van der Waals surface area contributed by atoms with Crippen molar-refractivity contribution < 1.29 is 13.6 Å². The number of aromatic nitrogens is 3. The third-order valence-electron chi connectivity index (χ3n) is 6.33. The first-order valence-corrected chi connectivity index (χ1v) is 12.7. The molecule has 6 nitrogen and oxygen atoms in total. The molecule has 2 aromatic heterocycles. The second-order valence-electron chi connectivity index (χ2n) is 10.3. The Kier molecular flexibility index (Phi) is 8.32. The number of hydrogen-bond donors (Lipinski definition) is 1. The monoisotopic (exact) mass is 517 g/mol. The van der Waals surface area contributed by atoms with Gasteiger partial charge in [0.1, 0.15) is 23.2 Å². The number of imidazole rings is 1. The lowest BCUT2D eigenvalue weighted by molar-refractivity contribution is 0.0477. The molecule has 1 unspecified atom stereocenters. The summed E-state index contributed by atoms with van der Waals surface area (Å²) in [5, 5.41) is 0. The number of halogens is 2. The van der Waals surface area contributed by atoms with Gasteiger partial charge in [0.25, 0.3) is 5.91 Å². The summed E-state index contributed by atoms with van der Waals surface area (Å²) in [6.45, 7) is 7.21. The Morgan fingerprint density at radius 2 is 1.76 bits per heavy atom. The number of carbonyl (C=O) groups excluding carboxylic acids is 1. The third-order valence-corrected chi connectivity index (χ3v) is 6.33. The molecule has 0 aliphatic carbocycles. The van der Waals surface area contributed by atoms with E-state index in [0.29, 0.717) is 36.7 Å². The molecule has 8 heteroatoms. The molecule has 38 heavy (non-hydrogen) atoms. The highest BCUT2D eigenvalue weighted by Crippen LogP contribution is 2.40. The second-order valence-corrected chi connectivity index (χ2v) is 10.3. The van der Waals surface area contributed by atoms with Gasteiger partial charge in [-0.2, -0.15) is 0 Å². The van der Waals surface area contributed by atoms with Crippen LogP contribution < -0.4 is 5.73 Å². The molecular weight excluding hydrogens is 484 g/mol. The summed E-state index contributed by atoms with van der Waals surface area (Å²) >= 11 is 0. The Morgan fingerprint density at radius 3 is 2.39 bits per heavy atom. The van der Waals surface area contributed by atoms with Gasteiger partial charge in [-0.3, -0.25) is 9.78 Å². The number of hydrogen-bond acceptors (Lipinski definition) is 4. The molecule has 0 radical (unpaired) electrons. The topological polar surface area (TPSA) is 77.0 Å². The Labute approximate surface area is 222 Å². The Bertz CT molecular complexity index is 1370. The van der Waals surface area contributed by atoms with Crippen molar-refractivity contribution in [3.8, 4) is 11.4 Å². The fourth-order valence-corrected chi connectivity index (χ4v) is 4.61. The van der Waals surface area contributed by atoms with Crippen molar-refractivity contribution in [2.45, 2.75) is 39.8 Å². The van der Waals surface area contributed by atoms with Gasteiger partial charge in [0.2, 0.25) is 0 Å². The van der Waals surface area contributed by atoms with E-state index in [-0.39, 0.29) is 12.1 Å². The molecule has 1 amide bonds. The summed E-state index contributed by atoms with van der Waals surface area (Å²) in [5.41, 5.74) is 7.59. The highest BCUT2D eigenvalue weighted by molar-refractivity contribution is 5.94. The van der Waals surface area contributed by atoms with Crippen molar-refractivity contribution >= 4 is 5.91 Å². The predicted molar refractivity (Wildman–Crippen MR) is 144 cm³/mol. The molecule has 198 valence electrons. The van der Waals surface area contributed by atoms with E-state index in [0.717, 1.165) is 17.7 Å². The van der Waals surface area contributed by atoms with E-state index in [9.17, 15) is 13.6 Å². The minimum absolute atomic E-state index is 0.191. The number of amides is 1. The van der Waals surface area contributed by atoms with Crippen molar-refractivity contribution in [3.63, 3.8) is 0 Å². The van der Waals surface area contributed by atoms with Crippen LogP contribution in [0.5, 0.6) is 0 Å². The lowest BCUT2D eigenvalue weighted by Gasteiger charge is -2.40. The van der Waals surface area contributed by atoms with Gasteiger partial charge in [0.15, 0.2) is 0 Å². The molecule has 0 aliphatic rings. The van der Waals surface area contributed by atoms with Crippen LogP contribution in [0.1, 0.15) is 55.0 Å². The van der Waals surface area contributed by atoms with Crippen LogP contribution in [0.4, 0.5) is 8.78 Å². The quantitative estimate of drug-likeness (QED) is 0.302. The first-order chi connectivity index (χ1) is 18.2. The van der Waals surface area contributed by atoms with E-state index in [1.807, 2.05) is 80.1 Å². The molecule has 0 fully saturated rings. The van der Waals surface area contributed by atoms with Crippen molar-refractivity contribution in [1.82, 2.24) is 19.4 Å². The minimum atomic E-state index is -0.901. The molecule has 0 saturated heterocycles. The fraction of sp³-hybridized carbons (Fsp3) is 0.300. The van der Waals surface area contributed by atoms with E-state index in [4.69, 9.17) is 10.7 Å². The summed E-state index contributed by atoms with van der Waals surface area (Å²) in [6, 6.07) is 18.1. The molecule has 4 rings (SSSR count). The first kappa shape index (κ1) is 27.1. The zero-order valence-corrected chi connectivity index (χ0v) is 21.9. The third kappa shape index (κ3) is 6.14. The molecule has 2 N–H and O–H groups in total. The van der Waals surface area contributed by atoms with Crippen molar-refractivity contribution in [2.75, 3.05) is 13.1 Å². The number of benzene rings is 2. The lowest BCUT2D eigenvalue weighted by atomic mass is 9.84. The molecule has 1 atom stereocenters. The van der Waals surface area contributed by atoms with Gasteiger partial charge in [-0.1, -0.05) is 57.2 Å². The van der Waals surface area contributed by atoms with Crippen LogP contribution in [0.25, 0.3) is 11.4 Å². The Hall–Kier alpha value is -3.91. The summed E-state index contributed by atoms with van der Waals surface area (Å²) in [5.74, 6) is -1.53. The van der Waals surface area contributed by atoms with Crippen molar-refractivity contribution in [2.24, 2.45) is 11.1 Å². The largest absolute Gasteiger partial charge is 0.330 e. The number of carbonyl (C=O) groups is 1. The van der Waals surface area contributed by atoms with E-state index >= 15 is 0 Å². The maximum absolute atomic E-state index is 14.8. The highest BCUT2D eigenvalue weighted by Gasteiger charge is 2.39. The fourth-order valence-electron chi connectivity index (χ4n) is 4.61. The average molecular weight is 518 g/mol. The van der Waals surface area contributed by atoms with E-state index in [1.165, 1.54) is 6.07 Å². The predicted octanol–water partition coefficient (Wildman–Crippen LogP) is 5.85. The standard InChI is InChI=1S/C30H33F2N5O/c1-30(2,3)27(37(17-9-15-33)29(38)23-14-13-22(31)18-24(23)32)28-35-26(25-12-7-8-16-34-25)20-36(28)19-21-10-5-4-6-11-21/h4-8,10-14,16,18,20,27H,9,15,17,19,33H2,1-3H3. The number of nitrogens with two attached hydrogens (primary N) is 1. The zero-order chi connectivity index (χ0) is 27.3. The average Bonchev–Trinajstić information content (AvgIpc) is 3.29. The maximum atomic E-state index is 14.8. The molecule has 2 aromatic carbocycles. The smallest absolute Gasteiger partial charge is 0.257 e. The van der Waals surface area contributed by atoms with Gasteiger partial charge < -0.3 is 15.2 Å². The van der Waals surface area contributed by atoms with Crippen LogP contribution >= 0.6 is 0 Å². The summed E-state index contributed by atoms with van der Waals surface area (Å²) in [4.78, 5) is 25.0. The second kappa shape index (κ2) is 11.6. The Balaban J connectivity index is 1.87. The molecule has 4 aromatic rings. The van der Waals surface area contributed by atoms with Crippen LogP contribution in [-0.4, -0.2) is 38.4 Å². The van der Waals surface area contributed by atoms with Crippen molar-refractivity contribution in [3.05, 3.63) is 108 Å². The molecule has 0 spiro atoms. The minimum Gasteiger partial charge on any atom is -0.330 e. The summed E-state index contributed by atoms with van der Waals surface area (Å²) in [7, 11) is 0. The summed E-state index contributed by atoms with van der Waals surface area (Å²) in [6.07, 6.45) is 4.15. The van der Waals surface area contributed by atoms with E-state index in [1.54, 1.807) is 11.1 Å². The van der Waals surface area contributed by atoms with Crippen LogP contribution in [0.2, 0.25) is 0 Å². The van der Waals surface area contributed by atoms with Crippen LogP contribution in [0, 0.1) is 17.0 Å². The maximum Gasteiger partial charge on any atom is 0.257 e. The van der Waals surface area contributed by atoms with Gasteiger partial charge in [-0.15, -0.1) is 0 Å². The van der Waals surface area contributed by atoms with Crippen LogP contribution in [0.15, 0.2) is 79.1 Å². The molecule has 2 heterocycles. The van der Waals surface area contributed by atoms with Gasteiger partial charge >= 0.3 is 0 Å². The van der Waals surface area contributed by atoms with Gasteiger partial charge in [-0.05, 0) is 48.2 Å². The zero-order valence-electron chi connectivity index (χ0n) is 21.9. The number of nitrogens with zero attached hydrogens (tertiary/aromatic N) is 4. The van der Waals surface area contributed by atoms with E-state index < -0.39 is 29.0 Å². The first-order valence-electron chi connectivity index (χ1n) is 12.7. The number of pyridine rings is 1.